The number of hydrogen-bond donors (Lipinski definition) is 0. The molecule has 0 unspecified atom stereocenters. The van der Waals surface area contributed by atoms with Gasteiger partial charge in [0, 0.05) is 17.0 Å². The lowest BCUT2D eigenvalue weighted by Crippen LogP contribution is -2.25. The average molecular weight is 459 g/mol. The SMILES string of the molecule is CCc1ccc(OCCCn2c(-c3cccc(C)c3)nc3sc4c(c3c2=O)CCCC4)cc1. The van der Waals surface area contributed by atoms with E-state index in [1.54, 1.807) is 11.3 Å². The second-order valence-corrected chi connectivity index (χ2v) is 9.94. The van der Waals surface area contributed by atoms with Crippen LogP contribution >= 0.6 is 11.3 Å². The van der Waals surface area contributed by atoms with E-state index < -0.39 is 0 Å². The zero-order chi connectivity index (χ0) is 22.8. The molecule has 4 aromatic rings. The third-order valence-corrected chi connectivity index (χ3v) is 7.66. The quantitative estimate of drug-likeness (QED) is 0.303. The molecule has 0 atom stereocenters. The predicted molar refractivity (Wildman–Crippen MR) is 137 cm³/mol. The number of aryl methyl sites for hydroxylation is 4. The summed E-state index contributed by atoms with van der Waals surface area (Å²) < 4.78 is 7.84. The van der Waals surface area contributed by atoms with Crippen LogP contribution in [0.3, 0.4) is 0 Å². The minimum Gasteiger partial charge on any atom is -0.494 e. The van der Waals surface area contributed by atoms with Gasteiger partial charge in [-0.3, -0.25) is 9.36 Å². The predicted octanol–water partition coefficient (Wildman–Crippen LogP) is 6.34. The standard InChI is InChI=1S/C28H30N2O2S/c1-3-20-12-14-22(15-13-20)32-17-7-16-30-26(21-9-6-8-19(2)18-21)29-27-25(28(30)31)23-10-4-5-11-24(23)33-27/h6,8-9,12-15,18H,3-5,7,10-11,16-17H2,1-2H3. The maximum absolute atomic E-state index is 13.8. The van der Waals surface area contributed by atoms with Gasteiger partial charge in [0.05, 0.1) is 12.0 Å². The number of ether oxygens (including phenoxy) is 1. The van der Waals surface area contributed by atoms with Gasteiger partial charge >= 0.3 is 0 Å². The second-order valence-electron chi connectivity index (χ2n) is 8.85. The first kappa shape index (κ1) is 21.9. The monoisotopic (exact) mass is 458 g/mol. The molecule has 0 fully saturated rings. The van der Waals surface area contributed by atoms with E-state index in [2.05, 4.69) is 44.2 Å². The average Bonchev–Trinajstić information content (AvgIpc) is 3.22. The van der Waals surface area contributed by atoms with Crippen molar-refractivity contribution in [3.63, 3.8) is 0 Å². The number of rotatable bonds is 7. The Labute approximate surface area is 198 Å². The summed E-state index contributed by atoms with van der Waals surface area (Å²) in [5.41, 5.74) is 4.81. The van der Waals surface area contributed by atoms with E-state index in [4.69, 9.17) is 9.72 Å². The summed E-state index contributed by atoms with van der Waals surface area (Å²) in [5.74, 6) is 1.64. The molecule has 0 N–H and O–H groups in total. The molecule has 2 heterocycles. The lowest BCUT2D eigenvalue weighted by Gasteiger charge is -2.15. The number of hydrogen-bond acceptors (Lipinski definition) is 4. The van der Waals surface area contributed by atoms with Crippen LogP contribution in [0.25, 0.3) is 21.6 Å². The first-order valence-corrected chi connectivity index (χ1v) is 12.8. The van der Waals surface area contributed by atoms with Crippen LogP contribution in [-0.4, -0.2) is 16.2 Å². The zero-order valence-electron chi connectivity index (χ0n) is 19.4. The minimum atomic E-state index is 0.100. The Bertz CT molecular complexity index is 1330. The van der Waals surface area contributed by atoms with Crippen LogP contribution in [0.2, 0.25) is 0 Å². The van der Waals surface area contributed by atoms with Crippen molar-refractivity contribution in [1.29, 1.82) is 0 Å². The molecule has 0 aliphatic heterocycles. The van der Waals surface area contributed by atoms with E-state index in [1.807, 2.05) is 22.8 Å². The first-order chi connectivity index (χ1) is 16.1. The maximum atomic E-state index is 13.8. The maximum Gasteiger partial charge on any atom is 0.262 e. The van der Waals surface area contributed by atoms with E-state index in [9.17, 15) is 4.79 Å². The van der Waals surface area contributed by atoms with Crippen molar-refractivity contribution in [1.82, 2.24) is 9.55 Å². The Kier molecular flexibility index (Phi) is 6.32. The van der Waals surface area contributed by atoms with Crippen LogP contribution in [0.15, 0.2) is 53.3 Å². The van der Waals surface area contributed by atoms with E-state index >= 15 is 0 Å². The highest BCUT2D eigenvalue weighted by atomic mass is 32.1. The summed E-state index contributed by atoms with van der Waals surface area (Å²) in [4.78, 5) is 21.1. The molecule has 5 heteroatoms. The molecule has 5 rings (SSSR count). The smallest absolute Gasteiger partial charge is 0.262 e. The normalized spacial score (nSPS) is 13.3. The summed E-state index contributed by atoms with van der Waals surface area (Å²) in [5, 5.41) is 0.849. The third-order valence-electron chi connectivity index (χ3n) is 6.48. The van der Waals surface area contributed by atoms with Crippen LogP contribution in [0.4, 0.5) is 0 Å². The van der Waals surface area contributed by atoms with E-state index in [1.165, 1.54) is 22.4 Å². The first-order valence-electron chi connectivity index (χ1n) is 12.0. The third kappa shape index (κ3) is 4.47. The molecule has 0 radical (unpaired) electrons. The second kappa shape index (κ2) is 9.52. The van der Waals surface area contributed by atoms with Crippen LogP contribution < -0.4 is 10.3 Å². The molecule has 4 nitrogen and oxygen atoms in total. The molecule has 1 aliphatic rings. The van der Waals surface area contributed by atoms with E-state index in [-0.39, 0.29) is 5.56 Å². The van der Waals surface area contributed by atoms with Crippen molar-refractivity contribution in [3.05, 3.63) is 80.5 Å². The summed E-state index contributed by atoms with van der Waals surface area (Å²) in [6, 6.07) is 16.5. The molecule has 170 valence electrons. The van der Waals surface area contributed by atoms with Crippen molar-refractivity contribution in [2.24, 2.45) is 0 Å². The lowest BCUT2D eigenvalue weighted by molar-refractivity contribution is 0.301. The number of benzene rings is 2. The van der Waals surface area contributed by atoms with Crippen LogP contribution in [0.1, 0.15) is 47.8 Å². The van der Waals surface area contributed by atoms with E-state index in [0.29, 0.717) is 13.2 Å². The van der Waals surface area contributed by atoms with Gasteiger partial charge in [-0.05, 0) is 74.8 Å². The van der Waals surface area contributed by atoms with Crippen molar-refractivity contribution < 1.29 is 4.74 Å². The molecule has 0 amide bonds. The summed E-state index contributed by atoms with van der Waals surface area (Å²) in [6.07, 6.45) is 6.19. The van der Waals surface area contributed by atoms with Gasteiger partial charge in [-0.2, -0.15) is 0 Å². The molecule has 1 aliphatic carbocycles. The molecule has 0 saturated heterocycles. The van der Waals surface area contributed by atoms with Gasteiger partial charge in [0.15, 0.2) is 0 Å². The number of aromatic nitrogens is 2. The number of fused-ring (bicyclic) bond motifs is 3. The van der Waals surface area contributed by atoms with Gasteiger partial charge in [-0.15, -0.1) is 11.3 Å². The Morgan fingerprint density at radius 1 is 1.09 bits per heavy atom. The Hall–Kier alpha value is -2.92. The minimum absolute atomic E-state index is 0.100. The van der Waals surface area contributed by atoms with Crippen molar-refractivity contribution in [3.8, 4) is 17.1 Å². The fraction of sp³-hybridized carbons (Fsp3) is 0.357. The van der Waals surface area contributed by atoms with Gasteiger partial charge < -0.3 is 4.74 Å². The molecule has 0 saturated carbocycles. The Balaban J connectivity index is 1.46. The highest BCUT2D eigenvalue weighted by Gasteiger charge is 2.22. The molecule has 2 aromatic carbocycles. The molecule has 0 bridgehead atoms. The van der Waals surface area contributed by atoms with Crippen LogP contribution in [-0.2, 0) is 25.8 Å². The fourth-order valence-electron chi connectivity index (χ4n) is 4.68. The molecular weight excluding hydrogens is 428 g/mol. The molecule has 0 spiro atoms. The number of nitrogens with zero attached hydrogens (tertiary/aromatic N) is 2. The number of thiophene rings is 1. The summed E-state index contributed by atoms with van der Waals surface area (Å²) in [6.45, 7) is 5.37. The lowest BCUT2D eigenvalue weighted by atomic mass is 9.97. The highest BCUT2D eigenvalue weighted by molar-refractivity contribution is 7.18. The summed E-state index contributed by atoms with van der Waals surface area (Å²) >= 11 is 1.72. The topological polar surface area (TPSA) is 44.1 Å². The Morgan fingerprint density at radius 2 is 1.91 bits per heavy atom. The zero-order valence-corrected chi connectivity index (χ0v) is 20.2. The van der Waals surface area contributed by atoms with Crippen molar-refractivity contribution >= 4 is 21.6 Å². The largest absolute Gasteiger partial charge is 0.494 e. The summed E-state index contributed by atoms with van der Waals surface area (Å²) in [7, 11) is 0. The van der Waals surface area contributed by atoms with Gasteiger partial charge in [-0.1, -0.05) is 42.8 Å². The van der Waals surface area contributed by atoms with Gasteiger partial charge in [0.1, 0.15) is 16.4 Å². The van der Waals surface area contributed by atoms with Gasteiger partial charge in [0.25, 0.3) is 5.56 Å². The molecule has 2 aromatic heterocycles. The van der Waals surface area contributed by atoms with Crippen LogP contribution in [0.5, 0.6) is 5.75 Å². The van der Waals surface area contributed by atoms with Crippen LogP contribution in [0, 0.1) is 6.92 Å². The fourth-order valence-corrected chi connectivity index (χ4v) is 5.94. The Morgan fingerprint density at radius 3 is 2.70 bits per heavy atom. The van der Waals surface area contributed by atoms with Crippen molar-refractivity contribution in [2.75, 3.05) is 6.61 Å². The van der Waals surface area contributed by atoms with Gasteiger partial charge in [0.2, 0.25) is 0 Å². The molecular formula is C28H30N2O2S. The van der Waals surface area contributed by atoms with Crippen molar-refractivity contribution in [2.45, 2.75) is 58.9 Å². The van der Waals surface area contributed by atoms with Gasteiger partial charge in [-0.25, -0.2) is 4.98 Å². The highest BCUT2D eigenvalue weighted by Crippen LogP contribution is 2.35. The van der Waals surface area contributed by atoms with E-state index in [0.717, 1.165) is 65.0 Å². The molecule has 33 heavy (non-hydrogen) atoms.